The minimum Gasteiger partial charge on any atom is -0.321 e. The number of nitro benzene ring substituents is 1. The molecule has 0 saturated heterocycles. The molecule has 0 saturated carbocycles. The largest absolute Gasteiger partial charge is 0.321 e. The van der Waals surface area contributed by atoms with Gasteiger partial charge in [-0.3, -0.25) is 14.9 Å². The maximum atomic E-state index is 12.9. The zero-order chi connectivity index (χ0) is 17.5. The van der Waals surface area contributed by atoms with Crippen LogP contribution in [-0.2, 0) is 14.8 Å². The number of anilines is 2. The minimum atomic E-state index is -4.11. The van der Waals surface area contributed by atoms with Gasteiger partial charge in [0, 0.05) is 18.3 Å². The van der Waals surface area contributed by atoms with Gasteiger partial charge in [-0.05, 0) is 31.2 Å². The number of non-ortho nitro benzene ring substituents is 1. The Morgan fingerprint density at radius 2 is 1.92 bits per heavy atom. The molecule has 0 aliphatic carbocycles. The fourth-order valence-corrected chi connectivity index (χ4v) is 3.96. The summed E-state index contributed by atoms with van der Waals surface area (Å²) in [6, 6.07) is 6.58. The number of nitrogens with zero attached hydrogens (tertiary/aromatic N) is 3. The molecule has 24 heavy (non-hydrogen) atoms. The number of carbonyl (C=O) groups excluding carboxylic acids is 1. The van der Waals surface area contributed by atoms with Gasteiger partial charge in [-0.25, -0.2) is 17.7 Å². The van der Waals surface area contributed by atoms with Crippen LogP contribution in [0, 0.1) is 10.1 Å². The van der Waals surface area contributed by atoms with Crippen molar-refractivity contribution in [3.05, 3.63) is 52.7 Å². The van der Waals surface area contributed by atoms with Gasteiger partial charge < -0.3 is 5.32 Å². The third kappa shape index (κ3) is 2.46. The summed E-state index contributed by atoms with van der Waals surface area (Å²) >= 11 is 0. The molecule has 1 aromatic heterocycles. The van der Waals surface area contributed by atoms with E-state index in [0.29, 0.717) is 0 Å². The molecular formula is C14H12N4O5S. The van der Waals surface area contributed by atoms with E-state index in [1.165, 1.54) is 13.1 Å². The number of fused-ring (bicyclic) bond motifs is 1. The Kier molecular flexibility index (Phi) is 3.68. The zero-order valence-electron chi connectivity index (χ0n) is 12.4. The van der Waals surface area contributed by atoms with E-state index >= 15 is 0 Å². The van der Waals surface area contributed by atoms with E-state index in [1.54, 1.807) is 12.1 Å². The minimum absolute atomic E-state index is 0.1000. The van der Waals surface area contributed by atoms with Crippen LogP contribution >= 0.6 is 0 Å². The van der Waals surface area contributed by atoms with Crippen molar-refractivity contribution in [2.75, 3.05) is 9.62 Å². The molecule has 1 aliphatic heterocycles. The van der Waals surface area contributed by atoms with E-state index in [4.69, 9.17) is 0 Å². The molecule has 1 aliphatic rings. The lowest BCUT2D eigenvalue weighted by atomic mass is 10.2. The van der Waals surface area contributed by atoms with Crippen LogP contribution in [0.2, 0.25) is 0 Å². The van der Waals surface area contributed by atoms with Crippen LogP contribution in [0.4, 0.5) is 17.2 Å². The summed E-state index contributed by atoms with van der Waals surface area (Å²) < 4.78 is 26.8. The Labute approximate surface area is 137 Å². The molecule has 0 bridgehead atoms. The number of hydrogen-bond acceptors (Lipinski definition) is 6. The number of hydrogen-bond donors (Lipinski definition) is 1. The number of nitrogens with one attached hydrogen (secondary N) is 1. The number of nitro groups is 1. The zero-order valence-corrected chi connectivity index (χ0v) is 13.2. The summed E-state index contributed by atoms with van der Waals surface area (Å²) in [5.74, 6) is -0.385. The van der Waals surface area contributed by atoms with Crippen LogP contribution in [-0.4, -0.2) is 30.3 Å². The Balaban J connectivity index is 2.12. The van der Waals surface area contributed by atoms with Gasteiger partial charge in [0.05, 0.1) is 15.5 Å². The predicted molar refractivity (Wildman–Crippen MR) is 85.1 cm³/mol. The van der Waals surface area contributed by atoms with Crippen molar-refractivity contribution < 1.29 is 18.1 Å². The average Bonchev–Trinajstić information content (AvgIpc) is 2.55. The van der Waals surface area contributed by atoms with Crippen molar-refractivity contribution in [3.63, 3.8) is 0 Å². The van der Waals surface area contributed by atoms with Gasteiger partial charge in [0.25, 0.3) is 15.7 Å². The lowest BCUT2D eigenvalue weighted by Crippen LogP contribution is -2.49. The van der Waals surface area contributed by atoms with Crippen molar-refractivity contribution in [2.45, 2.75) is 17.9 Å². The molecule has 1 aromatic carbocycles. The molecule has 2 heterocycles. The van der Waals surface area contributed by atoms with Crippen molar-refractivity contribution in [3.8, 4) is 0 Å². The lowest BCUT2D eigenvalue weighted by molar-refractivity contribution is -0.384. The Morgan fingerprint density at radius 1 is 1.25 bits per heavy atom. The first kappa shape index (κ1) is 15.9. The Morgan fingerprint density at radius 3 is 2.54 bits per heavy atom. The van der Waals surface area contributed by atoms with Crippen LogP contribution < -0.4 is 9.62 Å². The van der Waals surface area contributed by atoms with E-state index in [2.05, 4.69) is 10.3 Å². The molecule has 1 N–H and O–H groups in total. The van der Waals surface area contributed by atoms with E-state index in [0.717, 1.165) is 28.6 Å². The molecule has 10 heteroatoms. The number of rotatable bonds is 3. The smallest absolute Gasteiger partial charge is 0.269 e. The fourth-order valence-electron chi connectivity index (χ4n) is 2.37. The van der Waals surface area contributed by atoms with Crippen LogP contribution in [0.1, 0.15) is 6.92 Å². The third-order valence-electron chi connectivity index (χ3n) is 3.59. The second-order valence-corrected chi connectivity index (χ2v) is 6.91. The van der Waals surface area contributed by atoms with Gasteiger partial charge in [0.2, 0.25) is 5.91 Å². The van der Waals surface area contributed by atoms with Gasteiger partial charge in [-0.2, -0.15) is 0 Å². The highest BCUT2D eigenvalue weighted by Gasteiger charge is 2.39. The Hall–Kier alpha value is -3.01. The van der Waals surface area contributed by atoms with Crippen molar-refractivity contribution in [1.29, 1.82) is 0 Å². The fraction of sp³-hybridized carbons (Fsp3) is 0.143. The van der Waals surface area contributed by atoms with Crippen LogP contribution in [0.25, 0.3) is 0 Å². The number of benzene rings is 1. The van der Waals surface area contributed by atoms with Crippen molar-refractivity contribution in [1.82, 2.24) is 4.98 Å². The quantitative estimate of drug-likeness (QED) is 0.663. The van der Waals surface area contributed by atoms with Crippen LogP contribution in [0.3, 0.4) is 0 Å². The second-order valence-electron chi connectivity index (χ2n) is 5.09. The number of pyridine rings is 1. The van der Waals surface area contributed by atoms with E-state index in [1.807, 2.05) is 0 Å². The molecule has 1 amide bonds. The topological polar surface area (TPSA) is 123 Å². The number of sulfonamides is 1. The van der Waals surface area contributed by atoms with E-state index in [9.17, 15) is 23.3 Å². The normalized spacial score (nSPS) is 17.1. The van der Waals surface area contributed by atoms with Crippen molar-refractivity contribution >= 4 is 33.1 Å². The van der Waals surface area contributed by atoms with Crippen LogP contribution in [0.5, 0.6) is 0 Å². The summed E-state index contributed by atoms with van der Waals surface area (Å²) in [7, 11) is -4.11. The summed E-state index contributed by atoms with van der Waals surface area (Å²) in [6.07, 6.45) is 1.42. The Bertz CT molecular complexity index is 926. The number of aromatic nitrogens is 1. The first-order valence-electron chi connectivity index (χ1n) is 6.87. The highest BCUT2D eigenvalue weighted by molar-refractivity contribution is 7.93. The molecule has 0 radical (unpaired) electrons. The predicted octanol–water partition coefficient (Wildman–Crippen LogP) is 1.53. The first-order chi connectivity index (χ1) is 11.3. The maximum absolute atomic E-state index is 12.9. The van der Waals surface area contributed by atoms with Gasteiger partial charge in [-0.15, -0.1) is 0 Å². The number of amides is 1. The lowest BCUT2D eigenvalue weighted by Gasteiger charge is -2.33. The SMILES string of the molecule is C[C@@H]1C(=O)Nc2cccnc2N1S(=O)(=O)c1ccc([N+](=O)[O-])cc1. The molecule has 2 aromatic rings. The second kappa shape index (κ2) is 5.57. The molecule has 0 fully saturated rings. The average molecular weight is 348 g/mol. The number of carbonyl (C=O) groups is 1. The summed E-state index contributed by atoms with van der Waals surface area (Å²) in [5, 5.41) is 13.3. The molecule has 0 spiro atoms. The summed E-state index contributed by atoms with van der Waals surface area (Å²) in [4.78, 5) is 26.0. The molecule has 1 atom stereocenters. The van der Waals surface area contributed by atoms with E-state index < -0.39 is 26.9 Å². The van der Waals surface area contributed by atoms with Gasteiger partial charge >= 0.3 is 0 Å². The summed E-state index contributed by atoms with van der Waals surface area (Å²) in [5.41, 5.74) is 0.0583. The summed E-state index contributed by atoms with van der Waals surface area (Å²) in [6.45, 7) is 1.44. The molecule has 0 unspecified atom stereocenters. The maximum Gasteiger partial charge on any atom is 0.269 e. The van der Waals surface area contributed by atoms with Crippen molar-refractivity contribution in [2.24, 2.45) is 0 Å². The molecule has 3 rings (SSSR count). The molecular weight excluding hydrogens is 336 g/mol. The first-order valence-corrected chi connectivity index (χ1v) is 8.31. The van der Waals surface area contributed by atoms with Gasteiger partial charge in [0.1, 0.15) is 6.04 Å². The third-order valence-corrected chi connectivity index (χ3v) is 5.46. The van der Waals surface area contributed by atoms with Crippen LogP contribution in [0.15, 0.2) is 47.5 Å². The van der Waals surface area contributed by atoms with E-state index in [-0.39, 0.29) is 22.1 Å². The monoisotopic (exact) mass is 348 g/mol. The highest BCUT2D eigenvalue weighted by atomic mass is 32.2. The van der Waals surface area contributed by atoms with Gasteiger partial charge in [-0.1, -0.05) is 0 Å². The molecule has 124 valence electrons. The van der Waals surface area contributed by atoms with Gasteiger partial charge in [0.15, 0.2) is 5.82 Å². The highest BCUT2D eigenvalue weighted by Crippen LogP contribution is 2.34. The standard InChI is InChI=1S/C14H12N4O5S/c1-9-14(19)16-12-3-2-8-15-13(12)17(9)24(22,23)11-6-4-10(5-7-11)18(20)21/h2-9H,1H3,(H,16,19)/t9-/m1/s1. The molecule has 9 nitrogen and oxygen atoms in total.